The number of Topliss-reactive ketones (excluding diaryl/α,β-unsaturated/α-hetero) is 1. The van der Waals surface area contributed by atoms with Crippen LogP contribution in [-0.4, -0.2) is 38.0 Å². The van der Waals surface area contributed by atoms with E-state index in [1.54, 1.807) is 28.9 Å². The Labute approximate surface area is 183 Å². The Morgan fingerprint density at radius 1 is 1.00 bits per heavy atom. The highest BCUT2D eigenvalue weighted by atomic mass is 35.5. The number of fused-ring (bicyclic) bond motifs is 3. The molecule has 0 radical (unpaired) electrons. The van der Waals surface area contributed by atoms with Crippen molar-refractivity contribution in [2.24, 2.45) is 0 Å². The summed E-state index contributed by atoms with van der Waals surface area (Å²) in [6.07, 6.45) is 4.53. The summed E-state index contributed by atoms with van der Waals surface area (Å²) in [6, 6.07) is 14.3. The van der Waals surface area contributed by atoms with Crippen molar-refractivity contribution < 1.29 is 4.79 Å². The minimum Gasteiger partial charge on any atom is -0.341 e. The van der Waals surface area contributed by atoms with Gasteiger partial charge in [0.1, 0.15) is 6.54 Å². The van der Waals surface area contributed by atoms with Crippen LogP contribution in [0.25, 0.3) is 16.7 Å². The van der Waals surface area contributed by atoms with Gasteiger partial charge in [0.15, 0.2) is 5.78 Å². The first-order chi connectivity index (χ1) is 15.1. The van der Waals surface area contributed by atoms with Crippen molar-refractivity contribution in [3.05, 3.63) is 69.5 Å². The number of halogens is 1. The Balaban J connectivity index is 1.70. The summed E-state index contributed by atoms with van der Waals surface area (Å²) in [5.41, 5.74) is 0.910. The van der Waals surface area contributed by atoms with Crippen LogP contribution in [0.15, 0.2) is 53.3 Å². The molecule has 1 saturated heterocycles. The third-order valence-corrected chi connectivity index (χ3v) is 5.99. The Bertz CT molecular complexity index is 1320. The topological polar surface area (TPSA) is 72.5 Å². The average molecular weight is 436 g/mol. The van der Waals surface area contributed by atoms with Crippen molar-refractivity contribution in [3.8, 4) is 0 Å². The zero-order chi connectivity index (χ0) is 21.4. The van der Waals surface area contributed by atoms with Gasteiger partial charge in [-0.25, -0.2) is 9.08 Å². The molecule has 0 atom stereocenters. The van der Waals surface area contributed by atoms with E-state index in [1.807, 2.05) is 28.7 Å². The van der Waals surface area contributed by atoms with Gasteiger partial charge in [0.2, 0.25) is 11.7 Å². The molecular weight excluding hydrogens is 414 g/mol. The molecule has 0 saturated carbocycles. The third-order valence-electron chi connectivity index (χ3n) is 5.75. The summed E-state index contributed by atoms with van der Waals surface area (Å²) in [4.78, 5) is 32.2. The lowest BCUT2D eigenvalue weighted by Crippen LogP contribution is -2.26. The van der Waals surface area contributed by atoms with Gasteiger partial charge in [0.25, 0.3) is 5.56 Å². The van der Waals surface area contributed by atoms with Gasteiger partial charge in [-0.15, -0.1) is 5.10 Å². The predicted octanol–water partition coefficient (Wildman–Crippen LogP) is 3.96. The Kier molecular flexibility index (Phi) is 5.19. The molecule has 8 heteroatoms. The Morgan fingerprint density at radius 3 is 2.48 bits per heavy atom. The second kappa shape index (κ2) is 8.15. The molecule has 158 valence electrons. The molecule has 5 rings (SSSR count). The van der Waals surface area contributed by atoms with Crippen molar-refractivity contribution in [1.29, 1.82) is 0 Å². The van der Waals surface area contributed by atoms with E-state index < -0.39 is 0 Å². The van der Waals surface area contributed by atoms with Gasteiger partial charge in [-0.3, -0.25) is 9.59 Å². The van der Waals surface area contributed by atoms with Crippen LogP contribution >= 0.6 is 11.6 Å². The van der Waals surface area contributed by atoms with Crippen LogP contribution in [-0.2, 0) is 6.54 Å². The van der Waals surface area contributed by atoms with Crippen LogP contribution in [0.4, 0.5) is 5.95 Å². The quantitative estimate of drug-likeness (QED) is 0.454. The Hall–Kier alpha value is -3.19. The van der Waals surface area contributed by atoms with Crippen LogP contribution in [0.1, 0.15) is 36.0 Å². The molecule has 2 aromatic carbocycles. The fourth-order valence-corrected chi connectivity index (χ4v) is 4.36. The molecule has 0 N–H and O–H groups in total. The van der Waals surface area contributed by atoms with Gasteiger partial charge in [-0.1, -0.05) is 54.8 Å². The monoisotopic (exact) mass is 435 g/mol. The van der Waals surface area contributed by atoms with Crippen LogP contribution in [0.5, 0.6) is 0 Å². The van der Waals surface area contributed by atoms with E-state index in [9.17, 15) is 9.59 Å². The molecule has 7 nitrogen and oxygen atoms in total. The van der Waals surface area contributed by atoms with E-state index in [4.69, 9.17) is 16.7 Å². The number of rotatable bonds is 4. The van der Waals surface area contributed by atoms with Crippen molar-refractivity contribution in [1.82, 2.24) is 19.2 Å². The fraction of sp³-hybridized carbons (Fsp3) is 0.304. The maximum absolute atomic E-state index is 12.9. The molecule has 31 heavy (non-hydrogen) atoms. The minimum atomic E-state index is -0.381. The van der Waals surface area contributed by atoms with Crippen molar-refractivity contribution in [2.75, 3.05) is 18.0 Å². The molecule has 0 unspecified atom stereocenters. The van der Waals surface area contributed by atoms with Crippen molar-refractivity contribution in [3.63, 3.8) is 0 Å². The summed E-state index contributed by atoms with van der Waals surface area (Å²) in [7, 11) is 0. The number of ketones is 1. The van der Waals surface area contributed by atoms with Gasteiger partial charge in [-0.05, 0) is 31.0 Å². The fourth-order valence-electron chi connectivity index (χ4n) is 4.18. The molecule has 0 bridgehead atoms. The zero-order valence-corrected chi connectivity index (χ0v) is 17.8. The van der Waals surface area contributed by atoms with Gasteiger partial charge in [-0.2, -0.15) is 4.98 Å². The first-order valence-electron chi connectivity index (χ1n) is 10.5. The lowest BCUT2D eigenvalue weighted by molar-refractivity contribution is 0.0969. The van der Waals surface area contributed by atoms with Gasteiger partial charge < -0.3 is 4.90 Å². The number of aromatic nitrogens is 4. The second-order valence-corrected chi connectivity index (χ2v) is 8.30. The van der Waals surface area contributed by atoms with Gasteiger partial charge >= 0.3 is 0 Å². The van der Waals surface area contributed by atoms with Crippen LogP contribution < -0.4 is 10.5 Å². The number of hydrogen-bond acceptors (Lipinski definition) is 5. The highest BCUT2D eigenvalue weighted by molar-refractivity contribution is 6.31. The van der Waals surface area contributed by atoms with Crippen LogP contribution in [0.2, 0.25) is 5.02 Å². The van der Waals surface area contributed by atoms with E-state index in [0.717, 1.165) is 25.9 Å². The van der Waals surface area contributed by atoms with E-state index in [0.29, 0.717) is 33.2 Å². The largest absolute Gasteiger partial charge is 0.341 e. The van der Waals surface area contributed by atoms with Crippen molar-refractivity contribution in [2.45, 2.75) is 32.2 Å². The number of nitrogens with zero attached hydrogens (tertiary/aromatic N) is 5. The molecule has 0 aliphatic carbocycles. The molecule has 3 heterocycles. The van der Waals surface area contributed by atoms with Gasteiger partial charge in [0.05, 0.1) is 10.9 Å². The third kappa shape index (κ3) is 3.70. The highest BCUT2D eigenvalue weighted by Crippen LogP contribution is 2.25. The minimum absolute atomic E-state index is 0.00684. The first-order valence-corrected chi connectivity index (χ1v) is 10.9. The number of hydrogen-bond donors (Lipinski definition) is 0. The molecule has 4 aromatic rings. The molecule has 2 aromatic heterocycles. The summed E-state index contributed by atoms with van der Waals surface area (Å²) in [5.74, 6) is 0.986. The van der Waals surface area contributed by atoms with E-state index in [1.165, 1.54) is 12.8 Å². The standard InChI is InChI=1S/C23H22ClN5O2/c24-17-10-11-19-18(14-17)21(31)25-22-28(15-20(30)16-8-4-3-5-9-16)26-23(29(19)22)27-12-6-1-2-7-13-27/h3-5,8-11,14H,1-2,6-7,12-13,15H2. The van der Waals surface area contributed by atoms with E-state index in [-0.39, 0.29) is 17.9 Å². The summed E-state index contributed by atoms with van der Waals surface area (Å²) < 4.78 is 3.43. The van der Waals surface area contributed by atoms with E-state index in [2.05, 4.69) is 9.88 Å². The molecule has 1 aliphatic rings. The SMILES string of the molecule is O=C(Cn1nc(N2CCCCCC2)n2c3ccc(Cl)cc3c(=O)nc12)c1ccccc1. The summed E-state index contributed by atoms with van der Waals surface area (Å²) in [5, 5.41) is 5.70. The predicted molar refractivity (Wildman–Crippen MR) is 121 cm³/mol. The molecule has 1 aliphatic heterocycles. The maximum Gasteiger partial charge on any atom is 0.282 e. The number of carbonyl (C=O) groups excluding carboxylic acids is 1. The zero-order valence-electron chi connectivity index (χ0n) is 17.0. The highest BCUT2D eigenvalue weighted by Gasteiger charge is 2.22. The van der Waals surface area contributed by atoms with Crippen LogP contribution in [0.3, 0.4) is 0 Å². The molecular formula is C23H22ClN5O2. The lowest BCUT2D eigenvalue weighted by Gasteiger charge is -2.20. The smallest absolute Gasteiger partial charge is 0.282 e. The summed E-state index contributed by atoms with van der Waals surface area (Å²) >= 11 is 6.14. The molecule has 1 fully saturated rings. The average Bonchev–Trinajstić information content (AvgIpc) is 2.95. The van der Waals surface area contributed by atoms with Gasteiger partial charge in [0, 0.05) is 23.7 Å². The number of carbonyl (C=O) groups is 1. The number of anilines is 1. The summed E-state index contributed by atoms with van der Waals surface area (Å²) in [6.45, 7) is 1.76. The lowest BCUT2D eigenvalue weighted by atomic mass is 10.1. The molecule has 0 spiro atoms. The second-order valence-electron chi connectivity index (χ2n) is 7.86. The Morgan fingerprint density at radius 2 is 1.74 bits per heavy atom. The van der Waals surface area contributed by atoms with Crippen molar-refractivity contribution >= 4 is 40.0 Å². The maximum atomic E-state index is 12.9. The normalized spacial score (nSPS) is 14.8. The number of benzene rings is 2. The molecule has 0 amide bonds. The van der Waals surface area contributed by atoms with E-state index >= 15 is 0 Å². The first kappa shape index (κ1) is 19.8. The van der Waals surface area contributed by atoms with Crippen LogP contribution in [0, 0.1) is 0 Å².